The highest BCUT2D eigenvalue weighted by Crippen LogP contribution is 2.30. The normalized spacial score (nSPS) is 10.3. The largest absolute Gasteiger partial charge is 0.0837 e. The Morgan fingerprint density at radius 3 is 2.27 bits per heavy atom. The van der Waals surface area contributed by atoms with Gasteiger partial charge < -0.3 is 0 Å². The van der Waals surface area contributed by atoms with Gasteiger partial charge in [-0.15, -0.1) is 0 Å². The molecule has 0 amide bonds. The van der Waals surface area contributed by atoms with E-state index in [1.165, 1.54) is 0 Å². The second kappa shape index (κ2) is 3.50. The fourth-order valence-electron chi connectivity index (χ4n) is 0.888. The van der Waals surface area contributed by atoms with Crippen molar-refractivity contribution >= 4 is 45.8 Å². The summed E-state index contributed by atoms with van der Waals surface area (Å²) >= 11 is 14.1. The van der Waals surface area contributed by atoms with Crippen LogP contribution in [-0.4, -0.2) is 0 Å². The summed E-state index contributed by atoms with van der Waals surface area (Å²) in [6, 6.07) is 1.98. The van der Waals surface area contributed by atoms with Crippen molar-refractivity contribution in [1.29, 1.82) is 0 Å². The Balaban J connectivity index is 3.46. The third-order valence-electron chi connectivity index (χ3n) is 1.56. The Bertz CT molecular complexity index is 268. The summed E-state index contributed by atoms with van der Waals surface area (Å²) < 4.78 is 1.06. The molecule has 0 spiro atoms. The van der Waals surface area contributed by atoms with Crippen LogP contribution in [0.15, 0.2) is 6.07 Å². The molecule has 0 saturated carbocycles. The lowest BCUT2D eigenvalue weighted by Gasteiger charge is -2.06. The van der Waals surface area contributed by atoms with Crippen molar-refractivity contribution in [3.05, 3.63) is 30.8 Å². The highest BCUT2D eigenvalue weighted by molar-refractivity contribution is 14.1. The molecular weight excluding hydrogens is 294 g/mol. The first-order chi connectivity index (χ1) is 5.04. The summed E-state index contributed by atoms with van der Waals surface area (Å²) in [5.41, 5.74) is 2.05. The molecule has 0 unspecified atom stereocenters. The molecule has 0 radical (unpaired) electrons. The minimum absolute atomic E-state index is 0.765. The molecule has 11 heavy (non-hydrogen) atoms. The SMILES string of the molecule is Cc1cc(I)c(Cl)c(C)c1Cl. The summed E-state index contributed by atoms with van der Waals surface area (Å²) in [5.74, 6) is 0. The van der Waals surface area contributed by atoms with Crippen molar-refractivity contribution in [2.45, 2.75) is 13.8 Å². The van der Waals surface area contributed by atoms with Crippen LogP contribution in [0, 0.1) is 17.4 Å². The molecule has 3 heteroatoms. The monoisotopic (exact) mass is 300 g/mol. The molecule has 0 aliphatic carbocycles. The van der Waals surface area contributed by atoms with Gasteiger partial charge in [-0.3, -0.25) is 0 Å². The molecule has 0 aliphatic rings. The van der Waals surface area contributed by atoms with Gasteiger partial charge in [0, 0.05) is 8.59 Å². The molecule has 1 rings (SSSR count). The van der Waals surface area contributed by atoms with Gasteiger partial charge in [0.2, 0.25) is 0 Å². The van der Waals surface area contributed by atoms with E-state index < -0.39 is 0 Å². The average molecular weight is 301 g/mol. The van der Waals surface area contributed by atoms with E-state index in [0.29, 0.717) is 0 Å². The first kappa shape index (κ1) is 9.62. The molecule has 1 aromatic rings. The molecule has 0 aliphatic heterocycles. The number of benzene rings is 1. The zero-order chi connectivity index (χ0) is 8.59. The Morgan fingerprint density at radius 2 is 1.73 bits per heavy atom. The molecule has 0 nitrogen and oxygen atoms in total. The van der Waals surface area contributed by atoms with Crippen LogP contribution in [0.1, 0.15) is 11.1 Å². The fourth-order valence-corrected chi connectivity index (χ4v) is 2.11. The van der Waals surface area contributed by atoms with E-state index in [0.717, 1.165) is 24.7 Å². The van der Waals surface area contributed by atoms with Crippen LogP contribution in [-0.2, 0) is 0 Å². The van der Waals surface area contributed by atoms with Crippen molar-refractivity contribution < 1.29 is 0 Å². The highest BCUT2D eigenvalue weighted by Gasteiger charge is 2.07. The summed E-state index contributed by atoms with van der Waals surface area (Å²) in [6.45, 7) is 3.91. The van der Waals surface area contributed by atoms with Gasteiger partial charge in [-0.05, 0) is 53.6 Å². The summed E-state index contributed by atoms with van der Waals surface area (Å²) in [5, 5.41) is 1.54. The predicted molar refractivity (Wildman–Crippen MR) is 58.7 cm³/mol. The van der Waals surface area contributed by atoms with Crippen molar-refractivity contribution in [3.63, 3.8) is 0 Å². The molecule has 0 aromatic heterocycles. The minimum atomic E-state index is 0.765. The second-order valence-corrected chi connectivity index (χ2v) is 4.35. The third kappa shape index (κ3) is 1.82. The lowest BCUT2D eigenvalue weighted by atomic mass is 10.2. The number of hydrogen-bond acceptors (Lipinski definition) is 0. The van der Waals surface area contributed by atoms with Crippen LogP contribution in [0.3, 0.4) is 0 Å². The van der Waals surface area contributed by atoms with Crippen molar-refractivity contribution in [2.75, 3.05) is 0 Å². The fraction of sp³-hybridized carbons (Fsp3) is 0.250. The third-order valence-corrected chi connectivity index (χ3v) is 3.80. The van der Waals surface area contributed by atoms with E-state index in [4.69, 9.17) is 23.2 Å². The van der Waals surface area contributed by atoms with Crippen LogP contribution in [0.25, 0.3) is 0 Å². The predicted octanol–water partition coefficient (Wildman–Crippen LogP) is 4.21. The first-order valence-electron chi connectivity index (χ1n) is 3.14. The quantitative estimate of drug-likeness (QED) is 0.497. The maximum absolute atomic E-state index is 5.97. The maximum atomic E-state index is 5.97. The number of hydrogen-bond donors (Lipinski definition) is 0. The van der Waals surface area contributed by atoms with Gasteiger partial charge in [0.15, 0.2) is 0 Å². The standard InChI is InChI=1S/C8H7Cl2I/c1-4-3-6(11)8(10)5(2)7(4)9/h3H,1-2H3. The van der Waals surface area contributed by atoms with Crippen LogP contribution in [0.4, 0.5) is 0 Å². The van der Waals surface area contributed by atoms with Gasteiger partial charge in [0.1, 0.15) is 0 Å². The van der Waals surface area contributed by atoms with E-state index in [9.17, 15) is 0 Å². The van der Waals surface area contributed by atoms with Crippen LogP contribution in [0.2, 0.25) is 10.0 Å². The van der Waals surface area contributed by atoms with E-state index in [-0.39, 0.29) is 0 Å². The van der Waals surface area contributed by atoms with Crippen molar-refractivity contribution in [3.8, 4) is 0 Å². The van der Waals surface area contributed by atoms with Gasteiger partial charge >= 0.3 is 0 Å². The van der Waals surface area contributed by atoms with Crippen LogP contribution >= 0.6 is 45.8 Å². The molecule has 0 fully saturated rings. The van der Waals surface area contributed by atoms with Gasteiger partial charge in [-0.1, -0.05) is 23.2 Å². The molecular formula is C8H7Cl2I. The van der Waals surface area contributed by atoms with Crippen LogP contribution in [0.5, 0.6) is 0 Å². The Labute approximate surface area is 90.0 Å². The zero-order valence-electron chi connectivity index (χ0n) is 6.21. The smallest absolute Gasteiger partial charge is 0.0583 e. The first-order valence-corrected chi connectivity index (χ1v) is 4.98. The summed E-state index contributed by atoms with van der Waals surface area (Å²) in [4.78, 5) is 0. The number of aryl methyl sites for hydroxylation is 1. The molecule has 60 valence electrons. The zero-order valence-corrected chi connectivity index (χ0v) is 9.88. The molecule has 0 N–H and O–H groups in total. The van der Waals surface area contributed by atoms with Crippen LogP contribution < -0.4 is 0 Å². The van der Waals surface area contributed by atoms with Gasteiger partial charge in [0.25, 0.3) is 0 Å². The Morgan fingerprint density at radius 1 is 1.18 bits per heavy atom. The second-order valence-electron chi connectivity index (χ2n) is 2.43. The number of rotatable bonds is 0. The highest BCUT2D eigenvalue weighted by atomic mass is 127. The average Bonchev–Trinajstić information content (AvgIpc) is 1.97. The van der Waals surface area contributed by atoms with Crippen molar-refractivity contribution in [2.24, 2.45) is 0 Å². The molecule has 0 bridgehead atoms. The van der Waals surface area contributed by atoms with Gasteiger partial charge in [0.05, 0.1) is 5.02 Å². The van der Waals surface area contributed by atoms with E-state index in [1.807, 2.05) is 19.9 Å². The topological polar surface area (TPSA) is 0 Å². The van der Waals surface area contributed by atoms with Gasteiger partial charge in [-0.2, -0.15) is 0 Å². The lowest BCUT2D eigenvalue weighted by Crippen LogP contribution is -1.86. The van der Waals surface area contributed by atoms with E-state index in [2.05, 4.69) is 22.6 Å². The summed E-state index contributed by atoms with van der Waals surface area (Å²) in [7, 11) is 0. The molecule has 1 aromatic carbocycles. The maximum Gasteiger partial charge on any atom is 0.0583 e. The van der Waals surface area contributed by atoms with E-state index >= 15 is 0 Å². The minimum Gasteiger partial charge on any atom is -0.0837 e. The Hall–Kier alpha value is 0.530. The number of halogens is 3. The Kier molecular flexibility index (Phi) is 3.06. The van der Waals surface area contributed by atoms with Crippen molar-refractivity contribution in [1.82, 2.24) is 0 Å². The molecule has 0 saturated heterocycles. The molecule has 0 atom stereocenters. The molecule has 0 heterocycles. The van der Waals surface area contributed by atoms with Gasteiger partial charge in [-0.25, -0.2) is 0 Å². The lowest BCUT2D eigenvalue weighted by molar-refractivity contribution is 1.36. The summed E-state index contributed by atoms with van der Waals surface area (Å²) in [6.07, 6.45) is 0. The van der Waals surface area contributed by atoms with E-state index in [1.54, 1.807) is 0 Å².